The van der Waals surface area contributed by atoms with Crippen molar-refractivity contribution in [3.8, 4) is 0 Å². The summed E-state index contributed by atoms with van der Waals surface area (Å²) in [7, 11) is 0. The van der Waals surface area contributed by atoms with Crippen LogP contribution in [-0.4, -0.2) is 27.7 Å². The molecule has 0 radical (unpaired) electrons. The molecule has 2 N–H and O–H groups in total. The molecule has 1 unspecified atom stereocenters. The molecule has 21 heavy (non-hydrogen) atoms. The van der Waals surface area contributed by atoms with E-state index in [0.29, 0.717) is 5.92 Å². The van der Waals surface area contributed by atoms with Crippen LogP contribution in [0.4, 0.5) is 5.82 Å². The van der Waals surface area contributed by atoms with E-state index in [0.717, 1.165) is 24.5 Å². The third-order valence-corrected chi connectivity index (χ3v) is 3.49. The molecule has 2 rings (SSSR count). The van der Waals surface area contributed by atoms with Crippen molar-refractivity contribution in [2.24, 2.45) is 5.92 Å². The Bertz CT molecular complexity index is 543. The SMILES string of the molecule is CC(C)C(CCO)Nc1ccnc(Cc2ccccc2)n1. The van der Waals surface area contributed by atoms with Gasteiger partial charge in [0, 0.05) is 25.3 Å². The Labute approximate surface area is 126 Å². The number of aliphatic hydroxyl groups is 1. The number of nitrogens with zero attached hydrogens (tertiary/aromatic N) is 2. The summed E-state index contributed by atoms with van der Waals surface area (Å²) in [5.41, 5.74) is 1.20. The van der Waals surface area contributed by atoms with Crippen LogP contribution in [0.15, 0.2) is 42.6 Å². The predicted molar refractivity (Wildman–Crippen MR) is 85.2 cm³/mol. The number of rotatable bonds is 7. The predicted octanol–water partition coefficient (Wildman–Crippen LogP) is 2.89. The Kier molecular flexibility index (Phi) is 5.69. The fourth-order valence-corrected chi connectivity index (χ4v) is 2.24. The zero-order valence-corrected chi connectivity index (χ0v) is 12.7. The smallest absolute Gasteiger partial charge is 0.135 e. The van der Waals surface area contributed by atoms with Gasteiger partial charge in [-0.3, -0.25) is 0 Å². The standard InChI is InChI=1S/C17H23N3O/c1-13(2)15(9-11-21)19-16-8-10-18-17(20-16)12-14-6-4-3-5-7-14/h3-8,10,13,15,21H,9,11-12H2,1-2H3,(H,18,19,20). The van der Waals surface area contributed by atoms with Crippen molar-refractivity contribution < 1.29 is 5.11 Å². The number of hydrogen-bond acceptors (Lipinski definition) is 4. The molecule has 1 aromatic carbocycles. The first-order valence-corrected chi connectivity index (χ1v) is 7.42. The fourth-order valence-electron chi connectivity index (χ4n) is 2.24. The van der Waals surface area contributed by atoms with E-state index in [4.69, 9.17) is 5.11 Å². The monoisotopic (exact) mass is 285 g/mol. The Balaban J connectivity index is 2.06. The Morgan fingerprint density at radius 2 is 1.90 bits per heavy atom. The minimum absolute atomic E-state index is 0.178. The molecule has 0 aliphatic rings. The summed E-state index contributed by atoms with van der Waals surface area (Å²) in [4.78, 5) is 8.90. The summed E-state index contributed by atoms with van der Waals surface area (Å²) < 4.78 is 0. The van der Waals surface area contributed by atoms with Gasteiger partial charge < -0.3 is 10.4 Å². The zero-order chi connectivity index (χ0) is 15.1. The van der Waals surface area contributed by atoms with Crippen LogP contribution in [0, 0.1) is 5.92 Å². The molecule has 0 fully saturated rings. The molecule has 0 bridgehead atoms. The van der Waals surface area contributed by atoms with Gasteiger partial charge in [0.2, 0.25) is 0 Å². The van der Waals surface area contributed by atoms with Crippen LogP contribution >= 0.6 is 0 Å². The van der Waals surface area contributed by atoms with Crippen molar-refractivity contribution >= 4 is 5.82 Å². The average Bonchev–Trinajstić information content (AvgIpc) is 2.48. The third-order valence-electron chi connectivity index (χ3n) is 3.49. The quantitative estimate of drug-likeness (QED) is 0.821. The van der Waals surface area contributed by atoms with E-state index < -0.39 is 0 Å². The lowest BCUT2D eigenvalue weighted by molar-refractivity contribution is 0.267. The van der Waals surface area contributed by atoms with Gasteiger partial charge in [-0.15, -0.1) is 0 Å². The summed E-state index contributed by atoms with van der Waals surface area (Å²) in [6.07, 6.45) is 3.22. The molecule has 4 heteroatoms. The van der Waals surface area contributed by atoms with Crippen LogP contribution in [0.2, 0.25) is 0 Å². The molecule has 112 valence electrons. The molecule has 1 aromatic heterocycles. The van der Waals surface area contributed by atoms with Crippen LogP contribution in [0.25, 0.3) is 0 Å². The number of nitrogens with one attached hydrogen (secondary N) is 1. The van der Waals surface area contributed by atoms with Gasteiger partial charge in [-0.2, -0.15) is 0 Å². The Morgan fingerprint density at radius 3 is 2.57 bits per heavy atom. The number of aliphatic hydroxyl groups excluding tert-OH is 1. The zero-order valence-electron chi connectivity index (χ0n) is 12.7. The van der Waals surface area contributed by atoms with Crippen LogP contribution in [0.1, 0.15) is 31.7 Å². The highest BCUT2D eigenvalue weighted by Crippen LogP contribution is 2.14. The fraction of sp³-hybridized carbons (Fsp3) is 0.412. The van der Waals surface area contributed by atoms with Crippen LogP contribution < -0.4 is 5.32 Å². The number of anilines is 1. The van der Waals surface area contributed by atoms with Crippen molar-refractivity contribution in [1.82, 2.24) is 9.97 Å². The second-order valence-electron chi connectivity index (χ2n) is 5.53. The molecule has 1 atom stereocenters. The first kappa shape index (κ1) is 15.4. The van der Waals surface area contributed by atoms with E-state index in [9.17, 15) is 0 Å². The molecule has 0 aliphatic heterocycles. The molecule has 0 aliphatic carbocycles. The first-order valence-electron chi connectivity index (χ1n) is 7.42. The maximum atomic E-state index is 9.14. The Hall–Kier alpha value is -1.94. The number of hydrogen-bond donors (Lipinski definition) is 2. The highest BCUT2D eigenvalue weighted by molar-refractivity contribution is 5.35. The van der Waals surface area contributed by atoms with Crippen LogP contribution in [0.5, 0.6) is 0 Å². The molecule has 0 amide bonds. The molecule has 0 saturated heterocycles. The number of benzene rings is 1. The van der Waals surface area contributed by atoms with E-state index in [2.05, 4.69) is 41.3 Å². The van der Waals surface area contributed by atoms with Crippen LogP contribution in [0.3, 0.4) is 0 Å². The lowest BCUT2D eigenvalue weighted by Crippen LogP contribution is -2.27. The van der Waals surface area contributed by atoms with Crippen molar-refractivity contribution in [1.29, 1.82) is 0 Å². The second kappa shape index (κ2) is 7.74. The third kappa shape index (κ3) is 4.83. The van der Waals surface area contributed by atoms with Gasteiger partial charge in [0.25, 0.3) is 0 Å². The summed E-state index contributed by atoms with van der Waals surface area (Å²) in [5.74, 6) is 2.06. The molecule has 2 aromatic rings. The van der Waals surface area contributed by atoms with Gasteiger partial charge in [0.05, 0.1) is 0 Å². The maximum absolute atomic E-state index is 9.14. The molecule has 0 spiro atoms. The highest BCUT2D eigenvalue weighted by Gasteiger charge is 2.13. The van der Waals surface area contributed by atoms with Gasteiger partial charge in [0.1, 0.15) is 11.6 Å². The first-order chi connectivity index (χ1) is 10.2. The topological polar surface area (TPSA) is 58.0 Å². The van der Waals surface area contributed by atoms with E-state index >= 15 is 0 Å². The van der Waals surface area contributed by atoms with Gasteiger partial charge in [0.15, 0.2) is 0 Å². The molecule has 4 nitrogen and oxygen atoms in total. The largest absolute Gasteiger partial charge is 0.396 e. The second-order valence-corrected chi connectivity index (χ2v) is 5.53. The minimum atomic E-state index is 0.178. The lowest BCUT2D eigenvalue weighted by atomic mass is 10.0. The van der Waals surface area contributed by atoms with Gasteiger partial charge in [-0.05, 0) is 24.0 Å². The van der Waals surface area contributed by atoms with Crippen molar-refractivity contribution in [3.63, 3.8) is 0 Å². The van der Waals surface area contributed by atoms with E-state index in [1.54, 1.807) is 6.20 Å². The van der Waals surface area contributed by atoms with E-state index in [-0.39, 0.29) is 12.6 Å². The Morgan fingerprint density at radius 1 is 1.14 bits per heavy atom. The summed E-state index contributed by atoms with van der Waals surface area (Å²) in [5, 5.41) is 12.5. The van der Waals surface area contributed by atoms with Crippen molar-refractivity contribution in [2.45, 2.75) is 32.7 Å². The lowest BCUT2D eigenvalue weighted by Gasteiger charge is -2.22. The van der Waals surface area contributed by atoms with Crippen molar-refractivity contribution in [2.75, 3.05) is 11.9 Å². The summed E-state index contributed by atoms with van der Waals surface area (Å²) in [6.45, 7) is 4.45. The van der Waals surface area contributed by atoms with E-state index in [1.165, 1.54) is 5.56 Å². The summed E-state index contributed by atoms with van der Waals surface area (Å²) >= 11 is 0. The van der Waals surface area contributed by atoms with Gasteiger partial charge in [-0.25, -0.2) is 9.97 Å². The highest BCUT2D eigenvalue weighted by atomic mass is 16.3. The van der Waals surface area contributed by atoms with Gasteiger partial charge >= 0.3 is 0 Å². The van der Waals surface area contributed by atoms with Gasteiger partial charge in [-0.1, -0.05) is 44.2 Å². The number of aromatic nitrogens is 2. The normalized spacial score (nSPS) is 12.4. The minimum Gasteiger partial charge on any atom is -0.396 e. The van der Waals surface area contributed by atoms with Crippen LogP contribution in [-0.2, 0) is 6.42 Å². The molecular weight excluding hydrogens is 262 g/mol. The molecular formula is C17H23N3O. The molecule has 1 heterocycles. The van der Waals surface area contributed by atoms with Crippen molar-refractivity contribution in [3.05, 3.63) is 54.0 Å². The maximum Gasteiger partial charge on any atom is 0.135 e. The molecule has 0 saturated carbocycles. The van der Waals surface area contributed by atoms with E-state index in [1.807, 2.05) is 24.3 Å². The summed E-state index contributed by atoms with van der Waals surface area (Å²) in [6, 6.07) is 12.3. The average molecular weight is 285 g/mol.